The number of carbonyl (C=O) groups excluding carboxylic acids is 1. The number of nitrogens with one attached hydrogen (secondary N) is 1. The fourth-order valence-corrected chi connectivity index (χ4v) is 1.83. The maximum absolute atomic E-state index is 12.9. The molecule has 0 saturated heterocycles. The molecule has 1 heterocycles. The van der Waals surface area contributed by atoms with E-state index in [0.717, 1.165) is 11.3 Å². The third kappa shape index (κ3) is 2.59. The maximum Gasteiger partial charge on any atom is 0.286 e. The maximum atomic E-state index is 12.9. The first-order chi connectivity index (χ1) is 8.47. The minimum atomic E-state index is -1.60. The lowest BCUT2D eigenvalue weighted by atomic mass is 10.3. The van der Waals surface area contributed by atoms with Crippen LogP contribution in [0.2, 0.25) is 4.47 Å². The molecular weight excluding hydrogens is 291 g/mol. The molecule has 0 spiro atoms. The number of rotatable bonds is 2. The largest absolute Gasteiger partial charge is 0.320 e. The SMILES string of the molecule is O=C(Nc1cc(F)c(F)c(F)c1)c1nnc(Cl)s1. The van der Waals surface area contributed by atoms with Crippen molar-refractivity contribution in [1.82, 2.24) is 10.2 Å². The zero-order valence-corrected chi connectivity index (χ0v) is 9.95. The fraction of sp³-hybridized carbons (Fsp3) is 0. The molecule has 0 aliphatic heterocycles. The number of amides is 1. The fourth-order valence-electron chi connectivity index (χ4n) is 1.11. The summed E-state index contributed by atoms with van der Waals surface area (Å²) in [6, 6.07) is 1.30. The Balaban J connectivity index is 2.22. The van der Waals surface area contributed by atoms with E-state index in [1.165, 1.54) is 0 Å². The molecule has 1 aromatic carbocycles. The third-order valence-electron chi connectivity index (χ3n) is 1.84. The second kappa shape index (κ2) is 4.91. The van der Waals surface area contributed by atoms with Crippen molar-refractivity contribution >= 4 is 34.5 Å². The number of halogens is 4. The standard InChI is InChI=1S/C9H3ClF3N3OS/c10-9-16-15-8(18-9)7(17)14-3-1-4(11)6(13)5(12)2-3/h1-2H,(H,14,17). The molecule has 4 nitrogen and oxygen atoms in total. The quantitative estimate of drug-likeness (QED) is 0.866. The van der Waals surface area contributed by atoms with Crippen LogP contribution in [0.4, 0.5) is 18.9 Å². The van der Waals surface area contributed by atoms with Gasteiger partial charge < -0.3 is 5.32 Å². The molecular formula is C9H3ClF3N3OS. The number of benzene rings is 1. The molecule has 0 atom stereocenters. The Hall–Kier alpha value is -1.67. The van der Waals surface area contributed by atoms with Gasteiger partial charge in [-0.3, -0.25) is 4.79 Å². The molecule has 0 unspecified atom stereocenters. The molecule has 0 fully saturated rings. The van der Waals surface area contributed by atoms with Crippen LogP contribution in [0.3, 0.4) is 0 Å². The van der Waals surface area contributed by atoms with Crippen LogP contribution in [0, 0.1) is 17.5 Å². The van der Waals surface area contributed by atoms with Crippen molar-refractivity contribution in [3.8, 4) is 0 Å². The average molecular weight is 294 g/mol. The number of hydrogen-bond donors (Lipinski definition) is 1. The van der Waals surface area contributed by atoms with Crippen molar-refractivity contribution in [3.63, 3.8) is 0 Å². The van der Waals surface area contributed by atoms with E-state index in [-0.39, 0.29) is 15.2 Å². The summed E-state index contributed by atoms with van der Waals surface area (Å²) in [6.07, 6.45) is 0. The minimum Gasteiger partial charge on any atom is -0.320 e. The number of anilines is 1. The van der Waals surface area contributed by atoms with Crippen LogP contribution in [0.5, 0.6) is 0 Å². The normalized spacial score (nSPS) is 10.4. The highest BCUT2D eigenvalue weighted by Crippen LogP contribution is 2.20. The summed E-state index contributed by atoms with van der Waals surface area (Å²) in [6.45, 7) is 0. The first-order valence-electron chi connectivity index (χ1n) is 4.42. The van der Waals surface area contributed by atoms with Crippen molar-refractivity contribution in [1.29, 1.82) is 0 Å². The molecule has 0 aliphatic carbocycles. The van der Waals surface area contributed by atoms with Crippen LogP contribution < -0.4 is 5.32 Å². The molecule has 1 amide bonds. The molecule has 0 bridgehead atoms. The highest BCUT2D eigenvalue weighted by atomic mass is 35.5. The van der Waals surface area contributed by atoms with Gasteiger partial charge in [0, 0.05) is 17.8 Å². The molecule has 18 heavy (non-hydrogen) atoms. The van der Waals surface area contributed by atoms with Gasteiger partial charge in [-0.25, -0.2) is 13.2 Å². The Labute approximate surface area is 107 Å². The van der Waals surface area contributed by atoms with E-state index >= 15 is 0 Å². The number of hydrogen-bond acceptors (Lipinski definition) is 4. The van der Waals surface area contributed by atoms with Gasteiger partial charge in [0.05, 0.1) is 0 Å². The van der Waals surface area contributed by atoms with Gasteiger partial charge in [-0.1, -0.05) is 11.3 Å². The number of nitrogens with zero attached hydrogens (tertiary/aromatic N) is 2. The lowest BCUT2D eigenvalue weighted by Crippen LogP contribution is -2.12. The molecule has 9 heteroatoms. The van der Waals surface area contributed by atoms with Gasteiger partial charge in [-0.15, -0.1) is 10.2 Å². The Morgan fingerprint density at radius 1 is 1.22 bits per heavy atom. The number of carbonyl (C=O) groups is 1. The van der Waals surface area contributed by atoms with Gasteiger partial charge in [0.2, 0.25) is 9.47 Å². The molecule has 2 rings (SSSR count). The highest BCUT2D eigenvalue weighted by Gasteiger charge is 2.15. The molecule has 2 aromatic rings. The van der Waals surface area contributed by atoms with Gasteiger partial charge in [0.25, 0.3) is 5.91 Å². The van der Waals surface area contributed by atoms with Crippen molar-refractivity contribution < 1.29 is 18.0 Å². The van der Waals surface area contributed by atoms with Gasteiger partial charge in [-0.2, -0.15) is 0 Å². The predicted molar refractivity (Wildman–Crippen MR) is 59.2 cm³/mol. The van der Waals surface area contributed by atoms with Crippen molar-refractivity contribution in [2.24, 2.45) is 0 Å². The summed E-state index contributed by atoms with van der Waals surface area (Å²) in [5, 5.41) is 8.90. The third-order valence-corrected chi connectivity index (χ3v) is 2.85. The Bertz CT molecular complexity index is 596. The second-order valence-electron chi connectivity index (χ2n) is 3.07. The molecule has 0 aliphatic rings. The van der Waals surface area contributed by atoms with E-state index in [0.29, 0.717) is 12.1 Å². The highest BCUT2D eigenvalue weighted by molar-refractivity contribution is 7.17. The topological polar surface area (TPSA) is 54.9 Å². The van der Waals surface area contributed by atoms with Crippen molar-refractivity contribution in [3.05, 3.63) is 39.1 Å². The molecule has 0 saturated carbocycles. The second-order valence-corrected chi connectivity index (χ2v) is 4.63. The summed E-state index contributed by atoms with van der Waals surface area (Å²) in [5.74, 6) is -5.15. The first-order valence-corrected chi connectivity index (χ1v) is 5.61. The molecule has 1 N–H and O–H groups in total. The first kappa shape index (κ1) is 12.8. The van der Waals surface area contributed by atoms with Crippen LogP contribution in [-0.2, 0) is 0 Å². The van der Waals surface area contributed by atoms with Gasteiger partial charge in [0.1, 0.15) is 0 Å². The zero-order valence-electron chi connectivity index (χ0n) is 8.38. The van der Waals surface area contributed by atoms with Crippen LogP contribution in [0.25, 0.3) is 0 Å². The van der Waals surface area contributed by atoms with E-state index in [9.17, 15) is 18.0 Å². The van der Waals surface area contributed by atoms with Crippen LogP contribution in [0.1, 0.15) is 9.80 Å². The van der Waals surface area contributed by atoms with Crippen LogP contribution in [-0.4, -0.2) is 16.1 Å². The monoisotopic (exact) mass is 293 g/mol. The molecule has 94 valence electrons. The van der Waals surface area contributed by atoms with E-state index in [1.807, 2.05) is 0 Å². The summed E-state index contributed by atoms with van der Waals surface area (Å²) in [5.41, 5.74) is -0.234. The van der Waals surface area contributed by atoms with Gasteiger partial charge in [-0.05, 0) is 11.6 Å². The van der Waals surface area contributed by atoms with Gasteiger partial charge in [0.15, 0.2) is 17.5 Å². The lowest BCUT2D eigenvalue weighted by Gasteiger charge is -2.03. The average Bonchev–Trinajstić information content (AvgIpc) is 2.72. The summed E-state index contributed by atoms with van der Waals surface area (Å²) >= 11 is 6.27. The summed E-state index contributed by atoms with van der Waals surface area (Å²) < 4.78 is 38.5. The van der Waals surface area contributed by atoms with E-state index < -0.39 is 23.4 Å². The van der Waals surface area contributed by atoms with Crippen LogP contribution in [0.15, 0.2) is 12.1 Å². The predicted octanol–water partition coefficient (Wildman–Crippen LogP) is 2.86. The molecule has 1 aromatic heterocycles. The summed E-state index contributed by atoms with van der Waals surface area (Å²) in [4.78, 5) is 11.5. The van der Waals surface area contributed by atoms with E-state index in [2.05, 4.69) is 15.5 Å². The Morgan fingerprint density at radius 3 is 2.33 bits per heavy atom. The van der Waals surface area contributed by atoms with Gasteiger partial charge >= 0.3 is 0 Å². The van der Waals surface area contributed by atoms with E-state index in [4.69, 9.17) is 11.6 Å². The molecule has 0 radical (unpaired) electrons. The summed E-state index contributed by atoms with van der Waals surface area (Å²) in [7, 11) is 0. The zero-order chi connectivity index (χ0) is 13.3. The number of aromatic nitrogens is 2. The van der Waals surface area contributed by atoms with Crippen molar-refractivity contribution in [2.75, 3.05) is 5.32 Å². The minimum absolute atomic E-state index is 0.0524. The Kier molecular flexibility index (Phi) is 3.48. The van der Waals surface area contributed by atoms with Crippen LogP contribution >= 0.6 is 22.9 Å². The smallest absolute Gasteiger partial charge is 0.286 e. The van der Waals surface area contributed by atoms with E-state index in [1.54, 1.807) is 0 Å². The lowest BCUT2D eigenvalue weighted by molar-refractivity contribution is 0.102. The Morgan fingerprint density at radius 2 is 1.83 bits per heavy atom. The van der Waals surface area contributed by atoms with Crippen molar-refractivity contribution in [2.45, 2.75) is 0 Å².